The number of amides is 1. The molecule has 122 valence electrons. The number of ether oxygens (including phenoxy) is 1. The van der Waals surface area contributed by atoms with Gasteiger partial charge >= 0.3 is 6.09 Å². The van der Waals surface area contributed by atoms with Crippen molar-refractivity contribution in [2.45, 2.75) is 64.6 Å². The summed E-state index contributed by atoms with van der Waals surface area (Å²) in [6.45, 7) is 10.3. The Balaban J connectivity index is 2.09. The molecule has 6 heteroatoms. The third-order valence-electron chi connectivity index (χ3n) is 3.90. The Morgan fingerprint density at radius 2 is 2.14 bits per heavy atom. The van der Waals surface area contributed by atoms with Gasteiger partial charge in [0.05, 0.1) is 17.8 Å². The molecule has 0 saturated carbocycles. The highest BCUT2D eigenvalue weighted by Gasteiger charge is 2.40. The van der Waals surface area contributed by atoms with Crippen molar-refractivity contribution in [1.29, 1.82) is 0 Å². The van der Waals surface area contributed by atoms with E-state index in [1.807, 2.05) is 39.3 Å². The molecule has 1 saturated heterocycles. The van der Waals surface area contributed by atoms with Crippen LogP contribution in [0.25, 0.3) is 0 Å². The molecule has 2 heterocycles. The van der Waals surface area contributed by atoms with Crippen LogP contribution in [-0.2, 0) is 4.74 Å². The van der Waals surface area contributed by atoms with Crippen LogP contribution in [0.15, 0.2) is 12.4 Å². The Kier molecular flexibility index (Phi) is 4.31. The number of carbonyl (C=O) groups excluding carboxylic acids is 2. The van der Waals surface area contributed by atoms with E-state index in [2.05, 4.69) is 5.10 Å². The molecule has 0 N–H and O–H groups in total. The average molecular weight is 307 g/mol. The topological polar surface area (TPSA) is 64.4 Å². The molecular formula is C16H25N3O3. The van der Waals surface area contributed by atoms with E-state index < -0.39 is 5.60 Å². The first-order valence-corrected chi connectivity index (χ1v) is 7.62. The lowest BCUT2D eigenvalue weighted by atomic mass is 9.87. The van der Waals surface area contributed by atoms with E-state index in [1.165, 1.54) is 0 Å². The lowest BCUT2D eigenvalue weighted by Crippen LogP contribution is -2.54. The van der Waals surface area contributed by atoms with Crippen molar-refractivity contribution >= 4 is 12.4 Å². The molecule has 2 rings (SSSR count). The third-order valence-corrected chi connectivity index (χ3v) is 3.90. The van der Waals surface area contributed by atoms with Gasteiger partial charge in [-0.2, -0.15) is 5.10 Å². The number of rotatable bonds is 2. The molecule has 1 aliphatic rings. The molecule has 1 amide bonds. The third kappa shape index (κ3) is 3.67. The van der Waals surface area contributed by atoms with E-state index in [0.717, 1.165) is 19.1 Å². The van der Waals surface area contributed by atoms with Crippen molar-refractivity contribution in [3.63, 3.8) is 0 Å². The second-order valence-electron chi connectivity index (χ2n) is 7.46. The highest BCUT2D eigenvalue weighted by atomic mass is 16.6. The van der Waals surface area contributed by atoms with E-state index in [9.17, 15) is 9.59 Å². The maximum Gasteiger partial charge on any atom is 0.410 e. The van der Waals surface area contributed by atoms with Crippen LogP contribution in [0.5, 0.6) is 0 Å². The van der Waals surface area contributed by atoms with Crippen LogP contribution in [-0.4, -0.2) is 44.7 Å². The number of hydrogen-bond acceptors (Lipinski definition) is 4. The molecule has 0 unspecified atom stereocenters. The van der Waals surface area contributed by atoms with Gasteiger partial charge in [0.2, 0.25) is 0 Å². The first-order chi connectivity index (χ1) is 10.1. The molecule has 1 atom stereocenters. The molecule has 6 nitrogen and oxygen atoms in total. The summed E-state index contributed by atoms with van der Waals surface area (Å²) in [5, 5.41) is 4.26. The number of nitrogens with zero attached hydrogens (tertiary/aromatic N) is 3. The first kappa shape index (κ1) is 16.5. The molecule has 22 heavy (non-hydrogen) atoms. The minimum Gasteiger partial charge on any atom is -0.444 e. The van der Waals surface area contributed by atoms with E-state index in [0.29, 0.717) is 12.1 Å². The smallest absolute Gasteiger partial charge is 0.410 e. The normalized spacial score (nSPS) is 21.5. The highest BCUT2D eigenvalue weighted by Crippen LogP contribution is 2.35. The van der Waals surface area contributed by atoms with E-state index >= 15 is 0 Å². The average Bonchev–Trinajstić information content (AvgIpc) is 2.83. The second-order valence-corrected chi connectivity index (χ2v) is 7.46. The van der Waals surface area contributed by atoms with Crippen molar-refractivity contribution < 1.29 is 14.3 Å². The SMILES string of the molecule is CC(C)(C)OC(=O)N1CC[C@@H](n2cc(C=O)cn2)CC1(C)C. The van der Waals surface area contributed by atoms with Crippen LogP contribution in [0, 0.1) is 0 Å². The predicted octanol–water partition coefficient (Wildman–Crippen LogP) is 3.05. The van der Waals surface area contributed by atoms with Gasteiger partial charge in [-0.05, 0) is 47.5 Å². The molecule has 0 radical (unpaired) electrons. The molecule has 1 aromatic heterocycles. The summed E-state index contributed by atoms with van der Waals surface area (Å²) >= 11 is 0. The Hall–Kier alpha value is -1.85. The molecule has 0 bridgehead atoms. The van der Waals surface area contributed by atoms with Crippen molar-refractivity contribution in [2.24, 2.45) is 0 Å². The summed E-state index contributed by atoms with van der Waals surface area (Å²) in [7, 11) is 0. The quantitative estimate of drug-likeness (QED) is 0.788. The largest absolute Gasteiger partial charge is 0.444 e. The summed E-state index contributed by atoms with van der Waals surface area (Å²) < 4.78 is 7.32. The fourth-order valence-electron chi connectivity index (χ4n) is 2.86. The maximum absolute atomic E-state index is 12.4. The van der Waals surface area contributed by atoms with Crippen molar-refractivity contribution in [1.82, 2.24) is 14.7 Å². The summed E-state index contributed by atoms with van der Waals surface area (Å²) in [4.78, 5) is 24.9. The highest BCUT2D eigenvalue weighted by molar-refractivity contribution is 5.73. The molecule has 0 aliphatic carbocycles. The van der Waals surface area contributed by atoms with Gasteiger partial charge in [0, 0.05) is 18.3 Å². The predicted molar refractivity (Wildman–Crippen MR) is 82.9 cm³/mol. The Labute approximate surface area is 131 Å². The minimum atomic E-state index is -0.495. The zero-order valence-corrected chi connectivity index (χ0v) is 14.0. The monoisotopic (exact) mass is 307 g/mol. The Bertz CT molecular complexity index is 557. The van der Waals surface area contributed by atoms with Crippen LogP contribution in [0.3, 0.4) is 0 Å². The summed E-state index contributed by atoms with van der Waals surface area (Å²) in [5.41, 5.74) is -0.240. The van der Waals surface area contributed by atoms with Gasteiger partial charge < -0.3 is 9.64 Å². The number of carbonyl (C=O) groups is 2. The molecule has 1 aromatic rings. The van der Waals surface area contributed by atoms with Gasteiger partial charge in [-0.3, -0.25) is 9.48 Å². The molecular weight excluding hydrogens is 282 g/mol. The summed E-state index contributed by atoms with van der Waals surface area (Å²) in [6, 6.07) is 0.183. The number of aromatic nitrogens is 2. The lowest BCUT2D eigenvalue weighted by molar-refractivity contribution is -0.0143. The van der Waals surface area contributed by atoms with Gasteiger partial charge in [0.15, 0.2) is 6.29 Å². The zero-order chi connectivity index (χ0) is 16.5. The van der Waals surface area contributed by atoms with Crippen molar-refractivity contribution in [2.75, 3.05) is 6.54 Å². The Morgan fingerprint density at radius 3 is 2.64 bits per heavy atom. The molecule has 1 fully saturated rings. The minimum absolute atomic E-state index is 0.183. The van der Waals surface area contributed by atoms with E-state index in [4.69, 9.17) is 4.74 Å². The fourth-order valence-corrected chi connectivity index (χ4v) is 2.86. The number of piperidine rings is 1. The van der Waals surface area contributed by atoms with E-state index in [1.54, 1.807) is 17.3 Å². The van der Waals surface area contributed by atoms with Crippen molar-refractivity contribution in [3.05, 3.63) is 18.0 Å². The summed E-state index contributed by atoms with van der Waals surface area (Å²) in [6.07, 6.45) is 5.42. The number of likely N-dealkylation sites (tertiary alicyclic amines) is 1. The van der Waals surface area contributed by atoms with Gasteiger partial charge in [-0.15, -0.1) is 0 Å². The maximum atomic E-state index is 12.4. The second kappa shape index (κ2) is 5.74. The lowest BCUT2D eigenvalue weighted by Gasteiger charge is -2.45. The standard InChI is InChI=1S/C16H25N3O3/c1-15(2,3)22-14(21)18-7-6-13(8-16(18,4)5)19-10-12(11-20)9-17-19/h9-11,13H,6-8H2,1-5H3/t13-/m1/s1. The fraction of sp³-hybridized carbons (Fsp3) is 0.688. The summed E-state index contributed by atoms with van der Waals surface area (Å²) in [5.74, 6) is 0. The number of hydrogen-bond donors (Lipinski definition) is 0. The van der Waals surface area contributed by atoms with Crippen LogP contribution >= 0.6 is 0 Å². The zero-order valence-electron chi connectivity index (χ0n) is 14.0. The molecule has 1 aliphatic heterocycles. The van der Waals surface area contributed by atoms with Crippen LogP contribution in [0.1, 0.15) is 63.9 Å². The van der Waals surface area contributed by atoms with Crippen LogP contribution in [0.2, 0.25) is 0 Å². The van der Waals surface area contributed by atoms with Gasteiger partial charge in [0.1, 0.15) is 5.60 Å². The molecule has 0 spiro atoms. The van der Waals surface area contributed by atoms with Crippen LogP contribution < -0.4 is 0 Å². The Morgan fingerprint density at radius 1 is 1.45 bits per heavy atom. The van der Waals surface area contributed by atoms with Gasteiger partial charge in [-0.1, -0.05) is 0 Å². The number of aldehydes is 1. The van der Waals surface area contributed by atoms with Crippen LogP contribution in [0.4, 0.5) is 4.79 Å². The first-order valence-electron chi connectivity index (χ1n) is 7.62. The molecule has 0 aromatic carbocycles. The van der Waals surface area contributed by atoms with Gasteiger partial charge in [-0.25, -0.2) is 4.79 Å². The van der Waals surface area contributed by atoms with E-state index in [-0.39, 0.29) is 17.7 Å². The van der Waals surface area contributed by atoms with Gasteiger partial charge in [0.25, 0.3) is 0 Å². The van der Waals surface area contributed by atoms with Crippen molar-refractivity contribution in [3.8, 4) is 0 Å².